The first-order valence-electron chi connectivity index (χ1n) is 6.55. The predicted molar refractivity (Wildman–Crippen MR) is 86.7 cm³/mol. The van der Waals surface area contributed by atoms with Gasteiger partial charge in [-0.15, -0.1) is 0 Å². The number of nitrogens with zero attached hydrogens (tertiary/aromatic N) is 1. The van der Waals surface area contributed by atoms with Gasteiger partial charge in [0.25, 0.3) is 5.22 Å². The Morgan fingerprint density at radius 1 is 1.48 bits per heavy atom. The quantitative estimate of drug-likeness (QED) is 0.759. The van der Waals surface area contributed by atoms with E-state index in [1.165, 1.54) is 23.5 Å². The normalized spacial score (nSPS) is 14.0. The minimum atomic E-state index is -0.0951. The van der Waals surface area contributed by atoms with Crippen LogP contribution in [-0.2, 0) is 4.79 Å². The van der Waals surface area contributed by atoms with Gasteiger partial charge in [0.05, 0.1) is 12.4 Å². The first kappa shape index (κ1) is 16.2. The summed E-state index contributed by atoms with van der Waals surface area (Å²) in [5, 5.41) is 12.6. The summed E-state index contributed by atoms with van der Waals surface area (Å²) in [5.74, 6) is 0.145. The molecule has 0 aliphatic heterocycles. The Morgan fingerprint density at radius 3 is 2.90 bits per heavy atom. The summed E-state index contributed by atoms with van der Waals surface area (Å²) < 4.78 is 5.54. The summed E-state index contributed by atoms with van der Waals surface area (Å²) in [6.45, 7) is 1.93. The minimum absolute atomic E-state index is 0.00303. The lowest BCUT2D eigenvalue weighted by Crippen LogP contribution is -2.42. The molecule has 0 bridgehead atoms. The number of amides is 1. The Labute approximate surface area is 131 Å². The van der Waals surface area contributed by atoms with Crippen LogP contribution < -0.4 is 5.32 Å². The molecule has 5 nitrogen and oxygen atoms in total. The zero-order valence-corrected chi connectivity index (χ0v) is 13.5. The lowest BCUT2D eigenvalue weighted by atomic mass is 10.2. The van der Waals surface area contributed by atoms with Crippen molar-refractivity contribution in [3.63, 3.8) is 0 Å². The number of carbonyl (C=O) groups is 1. The van der Waals surface area contributed by atoms with Gasteiger partial charge >= 0.3 is 0 Å². The third-order valence-corrected chi connectivity index (χ3v) is 5.02. The lowest BCUT2D eigenvalue weighted by molar-refractivity contribution is -0.119. The van der Waals surface area contributed by atoms with Crippen molar-refractivity contribution < 1.29 is 14.3 Å². The van der Waals surface area contributed by atoms with Gasteiger partial charge in [-0.3, -0.25) is 4.79 Å². The maximum absolute atomic E-state index is 11.9. The molecule has 0 radical (unpaired) electrons. The number of benzene rings is 1. The lowest BCUT2D eigenvalue weighted by Gasteiger charge is -2.20. The van der Waals surface area contributed by atoms with Crippen LogP contribution in [0.3, 0.4) is 0 Å². The van der Waals surface area contributed by atoms with E-state index in [9.17, 15) is 9.90 Å². The monoisotopic (exact) mass is 326 g/mol. The second-order valence-electron chi connectivity index (χ2n) is 4.55. The molecule has 1 aromatic carbocycles. The molecule has 0 aliphatic rings. The van der Waals surface area contributed by atoms with Crippen molar-refractivity contribution in [1.29, 1.82) is 0 Å². The van der Waals surface area contributed by atoms with Gasteiger partial charge in [0.15, 0.2) is 5.58 Å². The molecule has 2 rings (SSSR count). The van der Waals surface area contributed by atoms with Crippen LogP contribution in [0.4, 0.5) is 0 Å². The molecule has 2 atom stereocenters. The van der Waals surface area contributed by atoms with Gasteiger partial charge < -0.3 is 14.8 Å². The Balaban J connectivity index is 1.86. The molecule has 0 spiro atoms. The van der Waals surface area contributed by atoms with Gasteiger partial charge in [0.1, 0.15) is 5.52 Å². The fourth-order valence-electron chi connectivity index (χ4n) is 1.87. The molecule has 0 saturated heterocycles. The second kappa shape index (κ2) is 7.72. The number of fused-ring (bicyclic) bond motifs is 1. The van der Waals surface area contributed by atoms with Crippen molar-refractivity contribution in [3.8, 4) is 0 Å². The molecular formula is C14H18N2O3S2. The molecule has 2 N–H and O–H groups in total. The van der Waals surface area contributed by atoms with Crippen LogP contribution in [0.25, 0.3) is 11.1 Å². The number of carbonyl (C=O) groups excluding carboxylic acids is 1. The van der Waals surface area contributed by atoms with E-state index in [0.29, 0.717) is 5.22 Å². The first-order chi connectivity index (χ1) is 10.1. The standard InChI is InChI=1S/C14H18N2O3S2/c1-9(12(7-17)20-2)15-13(18)8-21-14-16-10-5-3-4-6-11(10)19-14/h3-6,9,12,17H,7-8H2,1-2H3,(H,15,18). The fourth-order valence-corrected chi connectivity index (χ4v) is 3.14. The molecule has 1 amide bonds. The van der Waals surface area contributed by atoms with Gasteiger partial charge in [-0.1, -0.05) is 23.9 Å². The molecule has 7 heteroatoms. The Hall–Kier alpha value is -1.18. The molecule has 0 fully saturated rings. The van der Waals surface area contributed by atoms with Crippen LogP contribution in [-0.4, -0.2) is 45.9 Å². The minimum Gasteiger partial charge on any atom is -0.431 e. The molecule has 2 unspecified atom stereocenters. The highest BCUT2D eigenvalue weighted by Gasteiger charge is 2.18. The predicted octanol–water partition coefficient (Wildman–Crippen LogP) is 2.15. The molecule has 21 heavy (non-hydrogen) atoms. The molecule has 1 aromatic heterocycles. The van der Waals surface area contributed by atoms with Gasteiger partial charge in [-0.05, 0) is 25.3 Å². The van der Waals surface area contributed by atoms with Gasteiger partial charge in [-0.2, -0.15) is 11.8 Å². The molecular weight excluding hydrogens is 308 g/mol. The second-order valence-corrected chi connectivity index (χ2v) is 6.55. The Kier molecular flexibility index (Phi) is 5.96. The van der Waals surface area contributed by atoms with Crippen molar-refractivity contribution in [2.24, 2.45) is 0 Å². The number of para-hydroxylation sites is 2. The smallest absolute Gasteiger partial charge is 0.257 e. The van der Waals surface area contributed by atoms with Crippen molar-refractivity contribution in [2.45, 2.75) is 23.4 Å². The van der Waals surface area contributed by atoms with Crippen molar-refractivity contribution in [3.05, 3.63) is 24.3 Å². The third-order valence-electron chi connectivity index (χ3n) is 3.03. The van der Waals surface area contributed by atoms with Crippen LogP contribution in [0.5, 0.6) is 0 Å². The number of hydrogen-bond donors (Lipinski definition) is 2. The van der Waals surface area contributed by atoms with Gasteiger partial charge in [-0.25, -0.2) is 4.98 Å². The number of rotatable bonds is 7. The van der Waals surface area contributed by atoms with E-state index in [4.69, 9.17) is 4.42 Å². The number of aliphatic hydroxyl groups excluding tert-OH is 1. The van der Waals surface area contributed by atoms with Crippen molar-refractivity contribution in [1.82, 2.24) is 10.3 Å². The van der Waals surface area contributed by atoms with E-state index in [-0.39, 0.29) is 29.6 Å². The van der Waals surface area contributed by atoms with Gasteiger partial charge in [0.2, 0.25) is 5.91 Å². The average Bonchev–Trinajstić information content (AvgIpc) is 2.89. The first-order valence-corrected chi connectivity index (χ1v) is 8.82. The topological polar surface area (TPSA) is 75.4 Å². The Morgan fingerprint density at radius 2 is 2.24 bits per heavy atom. The highest BCUT2D eigenvalue weighted by atomic mass is 32.2. The molecule has 2 aromatic rings. The van der Waals surface area contributed by atoms with Crippen molar-refractivity contribution >= 4 is 40.5 Å². The average molecular weight is 326 g/mol. The molecule has 114 valence electrons. The van der Waals surface area contributed by atoms with E-state index in [2.05, 4.69) is 10.3 Å². The number of aliphatic hydroxyl groups is 1. The number of thioether (sulfide) groups is 2. The molecule has 0 aliphatic carbocycles. The SMILES string of the molecule is CSC(CO)C(C)NC(=O)CSc1nc2ccccc2o1. The number of oxazole rings is 1. The van der Waals surface area contributed by atoms with Crippen molar-refractivity contribution in [2.75, 3.05) is 18.6 Å². The number of hydrogen-bond acceptors (Lipinski definition) is 6. The zero-order chi connectivity index (χ0) is 15.2. The molecule has 0 saturated carbocycles. The maximum Gasteiger partial charge on any atom is 0.257 e. The van der Waals surface area contributed by atoms with E-state index in [1.807, 2.05) is 37.4 Å². The van der Waals surface area contributed by atoms with Crippen LogP contribution in [0, 0.1) is 0 Å². The van der Waals surface area contributed by atoms with Gasteiger partial charge in [0, 0.05) is 11.3 Å². The highest BCUT2D eigenvalue weighted by Crippen LogP contribution is 2.23. The fraction of sp³-hybridized carbons (Fsp3) is 0.429. The van der Waals surface area contributed by atoms with E-state index in [1.54, 1.807) is 0 Å². The molecule has 1 heterocycles. The Bertz CT molecular complexity index is 566. The van der Waals surface area contributed by atoms with E-state index < -0.39 is 0 Å². The largest absolute Gasteiger partial charge is 0.431 e. The maximum atomic E-state index is 11.9. The summed E-state index contributed by atoms with van der Waals surface area (Å²) in [7, 11) is 0. The van der Waals surface area contributed by atoms with Crippen LogP contribution in [0.1, 0.15) is 6.92 Å². The summed E-state index contributed by atoms with van der Waals surface area (Å²) in [6.07, 6.45) is 1.91. The van der Waals surface area contributed by atoms with E-state index >= 15 is 0 Å². The number of nitrogens with one attached hydrogen (secondary N) is 1. The zero-order valence-electron chi connectivity index (χ0n) is 11.9. The number of aromatic nitrogens is 1. The highest BCUT2D eigenvalue weighted by molar-refractivity contribution is 7.99. The van der Waals surface area contributed by atoms with E-state index in [0.717, 1.165) is 11.1 Å². The van der Waals surface area contributed by atoms with Crippen LogP contribution in [0.15, 0.2) is 33.9 Å². The summed E-state index contributed by atoms with van der Waals surface area (Å²) >= 11 is 2.80. The van der Waals surface area contributed by atoms with Crippen LogP contribution >= 0.6 is 23.5 Å². The van der Waals surface area contributed by atoms with Crippen LogP contribution in [0.2, 0.25) is 0 Å². The third kappa shape index (κ3) is 4.39. The summed E-state index contributed by atoms with van der Waals surface area (Å²) in [6, 6.07) is 7.41. The summed E-state index contributed by atoms with van der Waals surface area (Å²) in [4.78, 5) is 16.2. The summed E-state index contributed by atoms with van der Waals surface area (Å²) in [5.41, 5.74) is 1.51.